The van der Waals surface area contributed by atoms with Crippen molar-refractivity contribution in [3.8, 4) is 5.69 Å². The van der Waals surface area contributed by atoms with E-state index < -0.39 is 5.97 Å². The molecule has 2 heterocycles. The van der Waals surface area contributed by atoms with Crippen LogP contribution in [0.4, 0.5) is 0 Å². The summed E-state index contributed by atoms with van der Waals surface area (Å²) >= 11 is 0. The number of carbonyl (C=O) groups is 2. The number of rotatable bonds is 4. The summed E-state index contributed by atoms with van der Waals surface area (Å²) in [7, 11) is 0. The molecule has 0 spiro atoms. The van der Waals surface area contributed by atoms with Crippen molar-refractivity contribution in [2.24, 2.45) is 5.92 Å². The summed E-state index contributed by atoms with van der Waals surface area (Å²) in [5, 5.41) is 4.16. The Labute approximate surface area is 159 Å². The van der Waals surface area contributed by atoms with E-state index in [1.54, 1.807) is 23.0 Å². The number of esters is 1. The fourth-order valence-corrected chi connectivity index (χ4v) is 4.40. The average Bonchev–Trinajstić information content (AvgIpc) is 3.26. The summed E-state index contributed by atoms with van der Waals surface area (Å²) in [6, 6.07) is 9.19. The van der Waals surface area contributed by atoms with Crippen molar-refractivity contribution in [2.75, 3.05) is 13.2 Å². The van der Waals surface area contributed by atoms with Crippen LogP contribution >= 0.6 is 0 Å². The molecule has 4 rings (SSSR count). The third-order valence-electron chi connectivity index (χ3n) is 5.76. The highest BCUT2D eigenvalue weighted by Gasteiger charge is 2.35. The lowest BCUT2D eigenvalue weighted by Crippen LogP contribution is -2.50. The molecule has 142 valence electrons. The number of piperidine rings is 1. The summed E-state index contributed by atoms with van der Waals surface area (Å²) in [6.45, 7) is 0.610. The van der Waals surface area contributed by atoms with E-state index in [9.17, 15) is 9.59 Å². The van der Waals surface area contributed by atoms with Gasteiger partial charge in [-0.1, -0.05) is 12.8 Å². The second-order valence-electron chi connectivity index (χ2n) is 7.41. The van der Waals surface area contributed by atoms with Gasteiger partial charge in [0.2, 0.25) is 0 Å². The van der Waals surface area contributed by atoms with Gasteiger partial charge >= 0.3 is 5.97 Å². The molecular formula is C21H25N3O3. The van der Waals surface area contributed by atoms with Gasteiger partial charge in [-0.15, -0.1) is 0 Å². The molecule has 0 N–H and O–H groups in total. The molecule has 0 bridgehead atoms. The number of ether oxygens (including phenoxy) is 1. The van der Waals surface area contributed by atoms with Crippen LogP contribution in [0.2, 0.25) is 0 Å². The van der Waals surface area contributed by atoms with Gasteiger partial charge in [-0.3, -0.25) is 4.79 Å². The zero-order valence-corrected chi connectivity index (χ0v) is 15.4. The minimum atomic E-state index is -0.465. The van der Waals surface area contributed by atoms with Crippen LogP contribution in [0, 0.1) is 5.92 Å². The van der Waals surface area contributed by atoms with Gasteiger partial charge in [0.15, 0.2) is 6.61 Å². The number of amides is 1. The predicted octanol–water partition coefficient (Wildman–Crippen LogP) is 3.21. The van der Waals surface area contributed by atoms with Gasteiger partial charge in [-0.25, -0.2) is 9.48 Å². The minimum absolute atomic E-state index is 0.0619. The Morgan fingerprint density at radius 1 is 1.07 bits per heavy atom. The van der Waals surface area contributed by atoms with Crippen LogP contribution in [0.15, 0.2) is 42.7 Å². The van der Waals surface area contributed by atoms with Crippen LogP contribution in [-0.2, 0) is 9.53 Å². The zero-order chi connectivity index (χ0) is 18.6. The van der Waals surface area contributed by atoms with E-state index in [4.69, 9.17) is 4.74 Å². The van der Waals surface area contributed by atoms with Gasteiger partial charge < -0.3 is 9.64 Å². The normalized spacial score (nSPS) is 22.1. The van der Waals surface area contributed by atoms with Crippen molar-refractivity contribution < 1.29 is 14.3 Å². The van der Waals surface area contributed by atoms with Gasteiger partial charge in [0.1, 0.15) is 0 Å². The van der Waals surface area contributed by atoms with Crippen LogP contribution in [0.3, 0.4) is 0 Å². The van der Waals surface area contributed by atoms with E-state index in [1.807, 2.05) is 29.3 Å². The summed E-state index contributed by atoms with van der Waals surface area (Å²) in [6.07, 6.45) is 10.6. The van der Waals surface area contributed by atoms with Crippen LogP contribution in [0.1, 0.15) is 48.9 Å². The molecule has 1 saturated carbocycles. The molecule has 27 heavy (non-hydrogen) atoms. The van der Waals surface area contributed by atoms with E-state index in [1.165, 1.54) is 25.7 Å². The average molecular weight is 367 g/mol. The monoisotopic (exact) mass is 367 g/mol. The van der Waals surface area contributed by atoms with Crippen molar-refractivity contribution in [3.63, 3.8) is 0 Å². The number of aromatic nitrogens is 2. The topological polar surface area (TPSA) is 64.4 Å². The molecule has 1 aliphatic heterocycles. The summed E-state index contributed by atoms with van der Waals surface area (Å²) in [4.78, 5) is 26.9. The van der Waals surface area contributed by atoms with E-state index in [0.717, 1.165) is 25.1 Å². The van der Waals surface area contributed by atoms with Crippen LogP contribution < -0.4 is 0 Å². The quantitative estimate of drug-likeness (QED) is 0.779. The van der Waals surface area contributed by atoms with Crippen LogP contribution in [0.25, 0.3) is 5.69 Å². The molecular weight excluding hydrogens is 342 g/mol. The number of likely N-dealkylation sites (tertiary alicyclic amines) is 1. The Hall–Kier alpha value is -2.63. The SMILES string of the molecule is O=C(OCC(=O)N1CCC[C@@H]2CCCC[C@H]21)c1ccc(-n2cccn2)cc1. The Balaban J connectivity index is 1.34. The first-order chi connectivity index (χ1) is 13.2. The molecule has 1 saturated heterocycles. The molecule has 6 heteroatoms. The fourth-order valence-electron chi connectivity index (χ4n) is 4.40. The third-order valence-corrected chi connectivity index (χ3v) is 5.76. The first kappa shape index (κ1) is 17.8. The maximum atomic E-state index is 12.6. The lowest BCUT2D eigenvalue weighted by molar-refractivity contribution is -0.140. The highest BCUT2D eigenvalue weighted by molar-refractivity contribution is 5.91. The van der Waals surface area contributed by atoms with Crippen molar-refractivity contribution in [2.45, 2.75) is 44.6 Å². The predicted molar refractivity (Wildman–Crippen MR) is 101 cm³/mol. The summed E-state index contributed by atoms with van der Waals surface area (Å²) < 4.78 is 7.02. The second kappa shape index (κ2) is 7.94. The minimum Gasteiger partial charge on any atom is -0.452 e. The van der Waals surface area contributed by atoms with Gasteiger partial charge in [-0.05, 0) is 61.9 Å². The van der Waals surface area contributed by atoms with Crippen molar-refractivity contribution >= 4 is 11.9 Å². The Morgan fingerprint density at radius 2 is 1.85 bits per heavy atom. The molecule has 1 aromatic carbocycles. The van der Waals surface area contributed by atoms with Gasteiger partial charge in [0.25, 0.3) is 5.91 Å². The molecule has 0 radical (unpaired) electrons. The molecule has 2 fully saturated rings. The Kier molecular flexibility index (Phi) is 5.23. The molecule has 1 amide bonds. The Morgan fingerprint density at radius 3 is 2.63 bits per heavy atom. The smallest absolute Gasteiger partial charge is 0.338 e. The zero-order valence-electron chi connectivity index (χ0n) is 15.4. The van der Waals surface area contributed by atoms with Crippen molar-refractivity contribution in [1.29, 1.82) is 0 Å². The van der Waals surface area contributed by atoms with E-state index in [2.05, 4.69) is 5.10 Å². The number of benzene rings is 1. The van der Waals surface area contributed by atoms with Crippen molar-refractivity contribution in [3.05, 3.63) is 48.3 Å². The molecule has 1 aromatic heterocycles. The van der Waals surface area contributed by atoms with Crippen molar-refractivity contribution in [1.82, 2.24) is 14.7 Å². The highest BCUT2D eigenvalue weighted by Crippen LogP contribution is 2.35. The van der Waals surface area contributed by atoms with Crippen LogP contribution in [-0.4, -0.2) is 45.8 Å². The van der Waals surface area contributed by atoms with Gasteiger partial charge in [0, 0.05) is 25.0 Å². The maximum absolute atomic E-state index is 12.6. The number of nitrogens with zero attached hydrogens (tertiary/aromatic N) is 3. The first-order valence-electron chi connectivity index (χ1n) is 9.79. The van der Waals surface area contributed by atoms with E-state index in [-0.39, 0.29) is 12.5 Å². The van der Waals surface area contributed by atoms with Crippen LogP contribution in [0.5, 0.6) is 0 Å². The third kappa shape index (κ3) is 3.89. The van der Waals surface area contributed by atoms with E-state index in [0.29, 0.717) is 17.5 Å². The molecule has 6 nitrogen and oxygen atoms in total. The van der Waals surface area contributed by atoms with Gasteiger partial charge in [-0.2, -0.15) is 5.10 Å². The standard InChI is InChI=1S/C21H25N3O3/c25-20(23-13-3-6-16-5-1-2-7-19(16)23)15-27-21(26)17-8-10-18(11-9-17)24-14-4-12-22-24/h4,8-12,14,16,19H,1-3,5-7,13,15H2/t16-,19+/m0/s1. The number of fused-ring (bicyclic) bond motifs is 1. The Bertz CT molecular complexity index is 784. The fraction of sp³-hybridized carbons (Fsp3) is 0.476. The molecule has 2 aromatic rings. The second-order valence-corrected chi connectivity index (χ2v) is 7.41. The summed E-state index contributed by atoms with van der Waals surface area (Å²) in [5.41, 5.74) is 1.30. The van der Waals surface area contributed by atoms with Gasteiger partial charge in [0.05, 0.1) is 11.3 Å². The lowest BCUT2D eigenvalue weighted by Gasteiger charge is -2.44. The molecule has 2 atom stereocenters. The maximum Gasteiger partial charge on any atom is 0.338 e. The highest BCUT2D eigenvalue weighted by atomic mass is 16.5. The lowest BCUT2D eigenvalue weighted by atomic mass is 9.78. The number of carbonyl (C=O) groups excluding carboxylic acids is 2. The molecule has 0 unspecified atom stereocenters. The molecule has 1 aliphatic carbocycles. The molecule has 2 aliphatic rings. The largest absolute Gasteiger partial charge is 0.452 e. The number of hydrogen-bond donors (Lipinski definition) is 0. The number of hydrogen-bond acceptors (Lipinski definition) is 4. The summed E-state index contributed by atoms with van der Waals surface area (Å²) in [5.74, 6) is 0.0997. The first-order valence-corrected chi connectivity index (χ1v) is 9.79. The van der Waals surface area contributed by atoms with E-state index >= 15 is 0 Å².